The van der Waals surface area contributed by atoms with Gasteiger partial charge in [-0.2, -0.15) is 0 Å². The van der Waals surface area contributed by atoms with Gasteiger partial charge >= 0.3 is 0 Å². The van der Waals surface area contributed by atoms with Crippen molar-refractivity contribution in [2.75, 3.05) is 24.6 Å². The Hall–Kier alpha value is -0.420. The fourth-order valence-electron chi connectivity index (χ4n) is 0.665. The summed E-state index contributed by atoms with van der Waals surface area (Å²) in [6.07, 6.45) is 0.898. The monoisotopic (exact) mass is 192 g/mol. The minimum absolute atomic E-state index is 0.0806. The van der Waals surface area contributed by atoms with Crippen LogP contribution in [0, 0.1) is 0 Å². The lowest BCUT2D eigenvalue weighted by Crippen LogP contribution is -2.30. The smallest absolute Gasteiger partial charge is 0.232 e. The summed E-state index contributed by atoms with van der Waals surface area (Å²) in [6, 6.07) is 0. The Kier molecular flexibility index (Phi) is 6.99. The van der Waals surface area contributed by atoms with Gasteiger partial charge in [0, 0.05) is 29.6 Å². The Labute approximate surface area is 75.4 Å². The molecule has 1 unspecified atom stereocenters. The molecule has 1 atom stereocenters. The first-order valence-electron chi connectivity index (χ1n) is 4.02. The summed E-state index contributed by atoms with van der Waals surface area (Å²) in [6.45, 7) is 2.99. The first kappa shape index (κ1) is 11.6. The van der Waals surface area contributed by atoms with Crippen LogP contribution in [0.4, 0.5) is 0 Å². The van der Waals surface area contributed by atoms with Gasteiger partial charge in [0.2, 0.25) is 5.91 Å². The molecule has 0 aromatic carbocycles. The zero-order chi connectivity index (χ0) is 9.40. The van der Waals surface area contributed by atoms with Gasteiger partial charge in [0.25, 0.3) is 0 Å². The third-order valence-corrected chi connectivity index (χ3v) is 2.48. The maximum atomic E-state index is 11.0. The van der Waals surface area contributed by atoms with Gasteiger partial charge in [0.05, 0.1) is 0 Å². The summed E-state index contributed by atoms with van der Waals surface area (Å²) < 4.78 is 11.0. The summed E-state index contributed by atoms with van der Waals surface area (Å²) in [4.78, 5) is 10.9. The molecule has 12 heavy (non-hydrogen) atoms. The molecule has 0 saturated heterocycles. The Morgan fingerprint density at radius 2 is 2.25 bits per heavy atom. The standard InChI is InChI=1S/C7H16N2O2S/c1-2-4-9-7(10)6-12(11)5-3-8/h2-6,8H2,1H3,(H,9,10). The lowest BCUT2D eigenvalue weighted by Gasteiger charge is -2.02. The molecule has 1 amide bonds. The number of amides is 1. The molecule has 0 heterocycles. The van der Waals surface area contributed by atoms with E-state index in [1.807, 2.05) is 6.92 Å². The van der Waals surface area contributed by atoms with Gasteiger partial charge in [0.1, 0.15) is 5.75 Å². The molecular weight excluding hydrogens is 176 g/mol. The van der Waals surface area contributed by atoms with Crippen LogP contribution >= 0.6 is 0 Å². The van der Waals surface area contributed by atoms with Crippen LogP contribution in [0.3, 0.4) is 0 Å². The summed E-state index contributed by atoms with van der Waals surface area (Å²) >= 11 is 0. The first-order valence-corrected chi connectivity index (χ1v) is 5.51. The summed E-state index contributed by atoms with van der Waals surface area (Å²) in [5, 5.41) is 2.65. The van der Waals surface area contributed by atoms with Gasteiger partial charge in [-0.3, -0.25) is 9.00 Å². The maximum Gasteiger partial charge on any atom is 0.232 e. The van der Waals surface area contributed by atoms with Crippen molar-refractivity contribution in [1.29, 1.82) is 0 Å². The number of carbonyl (C=O) groups is 1. The van der Waals surface area contributed by atoms with Crippen molar-refractivity contribution >= 4 is 16.7 Å². The quantitative estimate of drug-likeness (QED) is 0.580. The van der Waals surface area contributed by atoms with Crippen molar-refractivity contribution in [3.8, 4) is 0 Å². The molecule has 5 heteroatoms. The Morgan fingerprint density at radius 3 is 2.75 bits per heavy atom. The summed E-state index contributed by atoms with van der Waals surface area (Å²) in [7, 11) is -1.09. The molecule has 0 spiro atoms. The van der Waals surface area contributed by atoms with Crippen LogP contribution in [-0.4, -0.2) is 34.7 Å². The average molecular weight is 192 g/mol. The van der Waals surface area contributed by atoms with Crippen LogP contribution < -0.4 is 11.1 Å². The lowest BCUT2D eigenvalue weighted by molar-refractivity contribution is -0.118. The molecule has 0 aliphatic heterocycles. The third kappa shape index (κ3) is 6.30. The molecule has 0 fully saturated rings. The van der Waals surface area contributed by atoms with Gasteiger partial charge in [-0.15, -0.1) is 0 Å². The molecule has 0 aromatic rings. The molecule has 0 aliphatic carbocycles. The second-order valence-electron chi connectivity index (χ2n) is 2.43. The minimum Gasteiger partial charge on any atom is -0.355 e. The Bertz CT molecular complexity index is 161. The Morgan fingerprint density at radius 1 is 1.58 bits per heavy atom. The highest BCUT2D eigenvalue weighted by Crippen LogP contribution is 1.81. The van der Waals surface area contributed by atoms with Crippen molar-refractivity contribution in [1.82, 2.24) is 5.32 Å². The molecule has 0 rings (SSSR count). The van der Waals surface area contributed by atoms with Crippen LogP contribution in [-0.2, 0) is 15.6 Å². The van der Waals surface area contributed by atoms with Gasteiger partial charge in [-0.1, -0.05) is 6.92 Å². The normalized spacial score (nSPS) is 12.5. The van der Waals surface area contributed by atoms with E-state index >= 15 is 0 Å². The van der Waals surface area contributed by atoms with E-state index in [9.17, 15) is 9.00 Å². The minimum atomic E-state index is -1.09. The third-order valence-electron chi connectivity index (χ3n) is 1.21. The number of hydrogen-bond donors (Lipinski definition) is 2. The highest BCUT2D eigenvalue weighted by atomic mass is 32.2. The molecule has 0 aliphatic rings. The molecule has 0 aromatic heterocycles. The molecule has 0 saturated carbocycles. The van der Waals surface area contributed by atoms with E-state index in [2.05, 4.69) is 5.32 Å². The van der Waals surface area contributed by atoms with Gasteiger partial charge in [0.15, 0.2) is 0 Å². The lowest BCUT2D eigenvalue weighted by atomic mass is 10.5. The van der Waals surface area contributed by atoms with Crippen LogP contribution in [0.5, 0.6) is 0 Å². The fraction of sp³-hybridized carbons (Fsp3) is 0.857. The number of carbonyl (C=O) groups excluding carboxylic acids is 1. The van der Waals surface area contributed by atoms with E-state index in [4.69, 9.17) is 5.73 Å². The Balaban J connectivity index is 3.47. The molecule has 3 N–H and O–H groups in total. The molecule has 0 radical (unpaired) electrons. The number of nitrogens with one attached hydrogen (secondary N) is 1. The van der Waals surface area contributed by atoms with Crippen molar-refractivity contribution < 1.29 is 9.00 Å². The molecule has 0 bridgehead atoms. The van der Waals surface area contributed by atoms with Crippen LogP contribution in [0.2, 0.25) is 0 Å². The van der Waals surface area contributed by atoms with E-state index in [-0.39, 0.29) is 11.7 Å². The predicted molar refractivity (Wildman–Crippen MR) is 50.2 cm³/mol. The SMILES string of the molecule is CCCNC(=O)CS(=O)CCN. The largest absolute Gasteiger partial charge is 0.355 e. The van der Waals surface area contributed by atoms with Gasteiger partial charge in [-0.05, 0) is 6.42 Å². The van der Waals surface area contributed by atoms with E-state index in [1.54, 1.807) is 0 Å². The van der Waals surface area contributed by atoms with Crippen molar-refractivity contribution in [3.05, 3.63) is 0 Å². The van der Waals surface area contributed by atoms with Crippen LogP contribution in [0.1, 0.15) is 13.3 Å². The number of nitrogens with two attached hydrogens (primary N) is 1. The zero-order valence-electron chi connectivity index (χ0n) is 7.34. The first-order chi connectivity index (χ1) is 5.70. The molecule has 4 nitrogen and oxygen atoms in total. The number of rotatable bonds is 6. The van der Waals surface area contributed by atoms with Gasteiger partial charge < -0.3 is 11.1 Å². The highest BCUT2D eigenvalue weighted by molar-refractivity contribution is 7.85. The summed E-state index contributed by atoms with van der Waals surface area (Å²) in [5.41, 5.74) is 5.18. The molecule has 72 valence electrons. The average Bonchev–Trinajstić information content (AvgIpc) is 2.01. The molecular formula is C7H16N2O2S. The van der Waals surface area contributed by atoms with Crippen molar-refractivity contribution in [2.24, 2.45) is 5.73 Å². The van der Waals surface area contributed by atoms with Crippen molar-refractivity contribution in [3.63, 3.8) is 0 Å². The van der Waals surface area contributed by atoms with Crippen LogP contribution in [0.25, 0.3) is 0 Å². The second kappa shape index (κ2) is 7.24. The topological polar surface area (TPSA) is 72.2 Å². The van der Waals surface area contributed by atoms with Crippen LogP contribution in [0.15, 0.2) is 0 Å². The fourth-order valence-corrected chi connectivity index (χ4v) is 1.47. The van der Waals surface area contributed by atoms with E-state index < -0.39 is 10.8 Å². The highest BCUT2D eigenvalue weighted by Gasteiger charge is 2.05. The maximum absolute atomic E-state index is 11.0. The number of hydrogen-bond acceptors (Lipinski definition) is 3. The van der Waals surface area contributed by atoms with Gasteiger partial charge in [-0.25, -0.2) is 0 Å². The second-order valence-corrected chi connectivity index (χ2v) is 4.00. The predicted octanol–water partition coefficient (Wildman–Crippen LogP) is -0.780. The van der Waals surface area contributed by atoms with E-state index in [1.165, 1.54) is 0 Å². The zero-order valence-corrected chi connectivity index (χ0v) is 8.15. The van der Waals surface area contributed by atoms with Crippen molar-refractivity contribution in [2.45, 2.75) is 13.3 Å². The van der Waals surface area contributed by atoms with E-state index in [0.717, 1.165) is 6.42 Å². The summed E-state index contributed by atoms with van der Waals surface area (Å²) in [5.74, 6) is 0.333. The van der Waals surface area contributed by atoms with E-state index in [0.29, 0.717) is 18.8 Å².